The van der Waals surface area contributed by atoms with Crippen LogP contribution in [0.2, 0.25) is 0 Å². The van der Waals surface area contributed by atoms with Crippen molar-refractivity contribution in [2.45, 2.75) is 70.2 Å². The first-order valence-corrected chi connectivity index (χ1v) is 10.3. The number of hydrogen-bond donors (Lipinski definition) is 1. The second kappa shape index (κ2) is 5.93. The summed E-state index contributed by atoms with van der Waals surface area (Å²) < 4.78 is 18.7. The van der Waals surface area contributed by atoms with Crippen molar-refractivity contribution in [3.05, 3.63) is 15.5 Å². The lowest BCUT2D eigenvalue weighted by Crippen LogP contribution is -2.44. The van der Waals surface area contributed by atoms with Gasteiger partial charge >= 0.3 is 0 Å². The largest absolute Gasteiger partial charge is 0.598 e. The standard InChI is InChI=1S/C16H26IN3OS/c1-9(2)20-13(8-14(17)18-20)15-11-6-10(7-12(11)15)19-22(21)16(3,4)5/h8-12,15,19H,6-7H2,1-5H3/t10?,11-,12+,15+,22?. The van der Waals surface area contributed by atoms with Gasteiger partial charge in [-0.25, -0.2) is 0 Å². The number of halogens is 1. The molecule has 2 aliphatic rings. The van der Waals surface area contributed by atoms with E-state index in [1.54, 1.807) is 0 Å². The third kappa shape index (κ3) is 3.21. The molecule has 2 unspecified atom stereocenters. The summed E-state index contributed by atoms with van der Waals surface area (Å²) in [5.74, 6) is 2.17. The molecule has 1 aromatic rings. The molecule has 3 rings (SSSR count). The molecule has 2 aliphatic carbocycles. The molecule has 1 aromatic heterocycles. The Morgan fingerprint density at radius 3 is 2.45 bits per heavy atom. The molecule has 0 bridgehead atoms. The third-order valence-electron chi connectivity index (χ3n) is 4.84. The highest BCUT2D eigenvalue weighted by Crippen LogP contribution is 2.63. The van der Waals surface area contributed by atoms with E-state index in [-0.39, 0.29) is 4.75 Å². The number of rotatable bonds is 4. The highest BCUT2D eigenvalue weighted by molar-refractivity contribution is 14.1. The second-order valence-corrected chi connectivity index (χ2v) is 11.1. The predicted molar refractivity (Wildman–Crippen MR) is 99.1 cm³/mol. The number of hydrogen-bond acceptors (Lipinski definition) is 3. The van der Waals surface area contributed by atoms with E-state index in [0.29, 0.717) is 18.0 Å². The second-order valence-electron chi connectivity index (χ2n) is 7.95. The minimum Gasteiger partial charge on any atom is -0.598 e. The Labute approximate surface area is 150 Å². The first-order chi connectivity index (χ1) is 10.2. The van der Waals surface area contributed by atoms with E-state index in [1.165, 1.54) is 5.69 Å². The number of aromatic nitrogens is 2. The molecule has 5 atom stereocenters. The van der Waals surface area contributed by atoms with E-state index >= 15 is 0 Å². The minimum atomic E-state index is -0.954. The summed E-state index contributed by atoms with van der Waals surface area (Å²) in [4.78, 5) is 0. The zero-order valence-corrected chi connectivity index (χ0v) is 16.9. The average Bonchev–Trinajstić information content (AvgIpc) is 2.74. The molecule has 124 valence electrons. The predicted octanol–water partition coefficient (Wildman–Crippen LogP) is 3.61. The lowest BCUT2D eigenvalue weighted by atomic mass is 10.1. The van der Waals surface area contributed by atoms with Gasteiger partial charge in [0.2, 0.25) is 0 Å². The van der Waals surface area contributed by atoms with Gasteiger partial charge in [0.1, 0.15) is 8.45 Å². The van der Waals surface area contributed by atoms with Crippen LogP contribution in [0.4, 0.5) is 0 Å². The van der Waals surface area contributed by atoms with Gasteiger partial charge in [-0.1, -0.05) is 0 Å². The van der Waals surface area contributed by atoms with Gasteiger partial charge in [-0.05, 0) is 88.0 Å². The molecule has 0 amide bonds. The molecule has 0 aromatic carbocycles. The number of nitrogens with one attached hydrogen (secondary N) is 1. The summed E-state index contributed by atoms with van der Waals surface area (Å²) in [6.45, 7) is 10.5. The van der Waals surface area contributed by atoms with Crippen molar-refractivity contribution in [2.75, 3.05) is 0 Å². The maximum Gasteiger partial charge on any atom is 0.136 e. The monoisotopic (exact) mass is 435 g/mol. The lowest BCUT2D eigenvalue weighted by molar-refractivity contribution is 0.469. The quantitative estimate of drug-likeness (QED) is 0.581. The normalized spacial score (nSPS) is 32.4. The molecular weight excluding hydrogens is 409 g/mol. The van der Waals surface area contributed by atoms with Crippen molar-refractivity contribution in [2.24, 2.45) is 11.8 Å². The van der Waals surface area contributed by atoms with E-state index < -0.39 is 11.4 Å². The zero-order chi connectivity index (χ0) is 16.2. The molecule has 0 spiro atoms. The van der Waals surface area contributed by atoms with Crippen molar-refractivity contribution in [1.82, 2.24) is 14.5 Å². The van der Waals surface area contributed by atoms with Crippen LogP contribution in [0.5, 0.6) is 0 Å². The van der Waals surface area contributed by atoms with Crippen molar-refractivity contribution in [3.63, 3.8) is 0 Å². The molecule has 4 nitrogen and oxygen atoms in total. The fourth-order valence-electron chi connectivity index (χ4n) is 3.74. The SMILES string of the molecule is CC(C)n1nc(I)cc1[C@H]1[C@@H]2CC(N[S+]([O-])C(C)(C)C)C[C@@H]21. The molecular formula is C16H26IN3OS. The Morgan fingerprint density at radius 1 is 1.36 bits per heavy atom. The molecule has 0 radical (unpaired) electrons. The van der Waals surface area contributed by atoms with Gasteiger partial charge in [0.25, 0.3) is 0 Å². The van der Waals surface area contributed by atoms with Crippen molar-refractivity contribution < 1.29 is 4.55 Å². The lowest BCUT2D eigenvalue weighted by Gasteiger charge is -2.27. The Morgan fingerprint density at radius 2 is 1.95 bits per heavy atom. The van der Waals surface area contributed by atoms with E-state index in [4.69, 9.17) is 0 Å². The molecule has 22 heavy (non-hydrogen) atoms. The maximum absolute atomic E-state index is 12.2. The molecule has 2 fully saturated rings. The van der Waals surface area contributed by atoms with Gasteiger partial charge in [0, 0.05) is 29.0 Å². The Hall–Kier alpha value is 0.210. The van der Waals surface area contributed by atoms with Gasteiger partial charge in [-0.2, -0.15) is 5.10 Å². The van der Waals surface area contributed by atoms with Crippen molar-refractivity contribution in [3.8, 4) is 0 Å². The van der Waals surface area contributed by atoms with Crippen molar-refractivity contribution in [1.29, 1.82) is 0 Å². The summed E-state index contributed by atoms with van der Waals surface area (Å²) in [6, 6.07) is 3.09. The van der Waals surface area contributed by atoms with E-state index in [1.807, 2.05) is 20.8 Å². The molecule has 1 N–H and O–H groups in total. The van der Waals surface area contributed by atoms with Gasteiger partial charge < -0.3 is 4.55 Å². The summed E-state index contributed by atoms with van der Waals surface area (Å²) in [5, 5.41) is 4.64. The summed E-state index contributed by atoms with van der Waals surface area (Å²) in [7, 11) is 0. The van der Waals surface area contributed by atoms with Crippen LogP contribution in [0.15, 0.2) is 6.07 Å². The summed E-state index contributed by atoms with van der Waals surface area (Å²) in [6.07, 6.45) is 2.30. The van der Waals surface area contributed by atoms with Crippen LogP contribution in [0.3, 0.4) is 0 Å². The van der Waals surface area contributed by atoms with Crippen LogP contribution < -0.4 is 4.72 Å². The third-order valence-corrected chi connectivity index (χ3v) is 7.03. The first kappa shape index (κ1) is 17.0. The van der Waals surface area contributed by atoms with Crippen molar-refractivity contribution >= 4 is 34.0 Å². The maximum atomic E-state index is 12.2. The fraction of sp³-hybridized carbons (Fsp3) is 0.812. The van der Waals surface area contributed by atoms with Crippen LogP contribution in [0.25, 0.3) is 0 Å². The van der Waals surface area contributed by atoms with Crippen LogP contribution >= 0.6 is 22.6 Å². The fourth-order valence-corrected chi connectivity index (χ4v) is 5.14. The summed E-state index contributed by atoms with van der Waals surface area (Å²) in [5.41, 5.74) is 1.41. The number of nitrogens with zero attached hydrogens (tertiary/aromatic N) is 2. The number of fused-ring (bicyclic) bond motifs is 1. The Kier molecular flexibility index (Phi) is 4.60. The average molecular weight is 435 g/mol. The highest BCUT2D eigenvalue weighted by atomic mass is 127. The summed E-state index contributed by atoms with van der Waals surface area (Å²) >= 11 is 1.36. The highest BCUT2D eigenvalue weighted by Gasteiger charge is 2.58. The zero-order valence-electron chi connectivity index (χ0n) is 14.0. The Bertz CT molecular complexity index is 542. The van der Waals surface area contributed by atoms with Crippen LogP contribution in [-0.2, 0) is 11.4 Å². The molecule has 1 heterocycles. The molecule has 6 heteroatoms. The van der Waals surface area contributed by atoms with Crippen LogP contribution in [0.1, 0.15) is 65.1 Å². The first-order valence-electron chi connectivity index (χ1n) is 8.11. The minimum absolute atomic E-state index is 0.182. The van der Waals surface area contributed by atoms with Gasteiger partial charge in [0.15, 0.2) is 0 Å². The molecule has 2 saturated carbocycles. The topological polar surface area (TPSA) is 52.9 Å². The smallest absolute Gasteiger partial charge is 0.136 e. The van der Waals surface area contributed by atoms with Gasteiger partial charge in [-0.3, -0.25) is 4.68 Å². The van der Waals surface area contributed by atoms with Gasteiger partial charge in [-0.15, -0.1) is 4.72 Å². The van der Waals surface area contributed by atoms with E-state index in [2.05, 4.69) is 57.0 Å². The van der Waals surface area contributed by atoms with Crippen LogP contribution in [0, 0.1) is 15.5 Å². The van der Waals surface area contributed by atoms with E-state index in [9.17, 15) is 4.55 Å². The van der Waals surface area contributed by atoms with Crippen LogP contribution in [-0.4, -0.2) is 25.1 Å². The molecule has 0 aliphatic heterocycles. The molecule has 0 saturated heterocycles. The Balaban J connectivity index is 1.62. The van der Waals surface area contributed by atoms with E-state index in [0.717, 1.165) is 28.4 Å². The van der Waals surface area contributed by atoms with Gasteiger partial charge in [0.05, 0.1) is 6.04 Å².